The quantitative estimate of drug-likeness (QED) is 0.852. The Kier molecular flexibility index (Phi) is 5.79. The highest BCUT2D eigenvalue weighted by molar-refractivity contribution is 6.30. The van der Waals surface area contributed by atoms with Crippen molar-refractivity contribution in [2.45, 2.75) is 6.92 Å². The molecule has 2 amide bonds. The van der Waals surface area contributed by atoms with Gasteiger partial charge >= 0.3 is 0 Å². The lowest BCUT2D eigenvalue weighted by atomic mass is 10.2. The zero-order chi connectivity index (χ0) is 16.7. The van der Waals surface area contributed by atoms with Crippen molar-refractivity contribution in [3.63, 3.8) is 0 Å². The Morgan fingerprint density at radius 1 is 1.13 bits per heavy atom. The number of anilines is 1. The van der Waals surface area contributed by atoms with Gasteiger partial charge in [-0.2, -0.15) is 0 Å². The topological polar surface area (TPSA) is 58.2 Å². The number of halogens is 1. The highest BCUT2D eigenvalue weighted by Gasteiger charge is 2.03. The second-order valence-electron chi connectivity index (χ2n) is 4.75. The minimum absolute atomic E-state index is 0.118. The average Bonchev–Trinajstić information content (AvgIpc) is 2.52. The zero-order valence-corrected chi connectivity index (χ0v) is 13.3. The summed E-state index contributed by atoms with van der Waals surface area (Å²) in [5.41, 5.74) is 2.02. The summed E-state index contributed by atoms with van der Waals surface area (Å²) in [6, 6.07) is 13.9. The molecule has 2 rings (SSSR count). The summed E-state index contributed by atoms with van der Waals surface area (Å²) >= 11 is 5.84. The van der Waals surface area contributed by atoms with Gasteiger partial charge in [0.15, 0.2) is 0 Å². The van der Waals surface area contributed by atoms with Crippen LogP contribution in [0.4, 0.5) is 5.69 Å². The fourth-order valence-corrected chi connectivity index (χ4v) is 2.03. The number of nitrogens with one attached hydrogen (secondary N) is 2. The predicted octanol–water partition coefficient (Wildman–Crippen LogP) is 3.08. The van der Waals surface area contributed by atoms with Crippen LogP contribution in [0.2, 0.25) is 5.02 Å². The molecule has 0 aliphatic heterocycles. The molecule has 0 aliphatic rings. The van der Waals surface area contributed by atoms with Crippen molar-refractivity contribution in [3.8, 4) is 11.8 Å². The molecule has 0 saturated heterocycles. The number of carbonyl (C=O) groups is 2. The lowest BCUT2D eigenvalue weighted by molar-refractivity contribution is -0.114. The molecule has 2 aromatic rings. The van der Waals surface area contributed by atoms with E-state index < -0.39 is 0 Å². The third kappa shape index (κ3) is 5.50. The Morgan fingerprint density at radius 2 is 1.87 bits per heavy atom. The number of rotatable bonds is 3. The first-order valence-corrected chi connectivity index (χ1v) is 7.33. The number of amides is 2. The zero-order valence-electron chi connectivity index (χ0n) is 12.5. The van der Waals surface area contributed by atoms with Gasteiger partial charge in [-0.05, 0) is 42.5 Å². The minimum atomic E-state index is -0.220. The van der Waals surface area contributed by atoms with Gasteiger partial charge in [-0.3, -0.25) is 9.59 Å². The molecule has 0 unspecified atom stereocenters. The van der Waals surface area contributed by atoms with Crippen LogP contribution in [0, 0.1) is 11.8 Å². The van der Waals surface area contributed by atoms with Crippen LogP contribution in [0.25, 0.3) is 0 Å². The van der Waals surface area contributed by atoms with Crippen molar-refractivity contribution in [2.75, 3.05) is 11.9 Å². The molecule has 0 atom stereocenters. The Labute approximate surface area is 139 Å². The van der Waals surface area contributed by atoms with Crippen LogP contribution in [0.5, 0.6) is 0 Å². The average molecular weight is 327 g/mol. The normalized spacial score (nSPS) is 9.48. The van der Waals surface area contributed by atoms with Gasteiger partial charge in [0, 0.05) is 28.8 Å². The molecule has 5 heteroatoms. The van der Waals surface area contributed by atoms with Gasteiger partial charge in [0.05, 0.1) is 6.54 Å². The largest absolute Gasteiger partial charge is 0.341 e. The van der Waals surface area contributed by atoms with Gasteiger partial charge in [0.1, 0.15) is 0 Å². The van der Waals surface area contributed by atoms with Gasteiger partial charge in [0.2, 0.25) is 5.91 Å². The molecule has 2 N–H and O–H groups in total. The fraction of sp³-hybridized carbons (Fsp3) is 0.111. The van der Waals surface area contributed by atoms with E-state index in [0.29, 0.717) is 10.6 Å². The van der Waals surface area contributed by atoms with E-state index in [9.17, 15) is 9.59 Å². The van der Waals surface area contributed by atoms with E-state index >= 15 is 0 Å². The van der Waals surface area contributed by atoms with Crippen LogP contribution < -0.4 is 10.6 Å². The molecule has 116 valence electrons. The summed E-state index contributed by atoms with van der Waals surface area (Å²) in [4.78, 5) is 22.8. The van der Waals surface area contributed by atoms with Gasteiger partial charge < -0.3 is 10.6 Å². The lowest BCUT2D eigenvalue weighted by Gasteiger charge is -2.02. The summed E-state index contributed by atoms with van der Waals surface area (Å²) in [6.07, 6.45) is 0. The SMILES string of the molecule is CC(=O)Nc1ccc(C#CCNC(=O)c2cccc(Cl)c2)cc1. The van der Waals surface area contributed by atoms with Gasteiger partial charge in [-0.25, -0.2) is 0 Å². The maximum Gasteiger partial charge on any atom is 0.252 e. The summed E-state index contributed by atoms with van der Waals surface area (Å²) in [5, 5.41) is 5.90. The molecule has 0 spiro atoms. The molecule has 0 radical (unpaired) electrons. The Hall–Kier alpha value is -2.77. The first kappa shape index (κ1) is 16.6. The summed E-state index contributed by atoms with van der Waals surface area (Å²) in [7, 11) is 0. The Balaban J connectivity index is 1.88. The summed E-state index contributed by atoms with van der Waals surface area (Å²) in [6.45, 7) is 1.69. The maximum atomic E-state index is 11.9. The van der Waals surface area contributed by atoms with E-state index in [4.69, 9.17) is 11.6 Å². The van der Waals surface area contributed by atoms with Crippen LogP contribution in [0.3, 0.4) is 0 Å². The molecule has 0 bridgehead atoms. The summed E-state index contributed by atoms with van der Waals surface area (Å²) < 4.78 is 0. The smallest absolute Gasteiger partial charge is 0.252 e. The van der Waals surface area contributed by atoms with Crippen molar-refractivity contribution in [2.24, 2.45) is 0 Å². The highest BCUT2D eigenvalue weighted by Crippen LogP contribution is 2.10. The van der Waals surface area contributed by atoms with Crippen LogP contribution in [0.15, 0.2) is 48.5 Å². The Morgan fingerprint density at radius 3 is 2.52 bits per heavy atom. The van der Waals surface area contributed by atoms with E-state index in [0.717, 1.165) is 11.3 Å². The first-order valence-electron chi connectivity index (χ1n) is 6.95. The Bertz CT molecular complexity index is 774. The molecule has 0 heterocycles. The molecule has 0 saturated carbocycles. The maximum absolute atomic E-state index is 11.9. The van der Waals surface area contributed by atoms with E-state index in [2.05, 4.69) is 22.5 Å². The number of benzene rings is 2. The van der Waals surface area contributed by atoms with Gasteiger partial charge in [0.25, 0.3) is 5.91 Å². The third-order valence-electron chi connectivity index (χ3n) is 2.86. The van der Waals surface area contributed by atoms with Crippen molar-refractivity contribution >= 4 is 29.1 Å². The van der Waals surface area contributed by atoms with Crippen LogP contribution >= 0.6 is 11.6 Å². The molecular weight excluding hydrogens is 312 g/mol. The minimum Gasteiger partial charge on any atom is -0.341 e. The van der Waals surface area contributed by atoms with Gasteiger partial charge in [-0.15, -0.1) is 0 Å². The molecule has 0 aromatic heterocycles. The van der Waals surface area contributed by atoms with E-state index in [1.807, 2.05) is 0 Å². The first-order chi connectivity index (χ1) is 11.0. The van der Waals surface area contributed by atoms with Gasteiger partial charge in [-0.1, -0.05) is 29.5 Å². The van der Waals surface area contributed by atoms with Crippen molar-refractivity contribution < 1.29 is 9.59 Å². The summed E-state index contributed by atoms with van der Waals surface area (Å²) in [5.74, 6) is 5.48. The van der Waals surface area contributed by atoms with Crippen molar-refractivity contribution in [1.29, 1.82) is 0 Å². The fourth-order valence-electron chi connectivity index (χ4n) is 1.84. The van der Waals surface area contributed by atoms with Crippen molar-refractivity contribution in [3.05, 3.63) is 64.7 Å². The monoisotopic (exact) mass is 326 g/mol. The van der Waals surface area contributed by atoms with Crippen LogP contribution in [0.1, 0.15) is 22.8 Å². The second kappa shape index (κ2) is 8.02. The second-order valence-corrected chi connectivity index (χ2v) is 5.19. The molecule has 0 fully saturated rings. The third-order valence-corrected chi connectivity index (χ3v) is 3.10. The lowest BCUT2D eigenvalue weighted by Crippen LogP contribution is -2.23. The van der Waals surface area contributed by atoms with E-state index in [-0.39, 0.29) is 18.4 Å². The number of hydrogen-bond acceptors (Lipinski definition) is 2. The number of hydrogen-bond donors (Lipinski definition) is 2. The van der Waals surface area contributed by atoms with E-state index in [1.165, 1.54) is 6.92 Å². The van der Waals surface area contributed by atoms with Crippen LogP contribution in [-0.2, 0) is 4.79 Å². The molecule has 0 aliphatic carbocycles. The predicted molar refractivity (Wildman–Crippen MR) is 91.4 cm³/mol. The van der Waals surface area contributed by atoms with E-state index in [1.54, 1.807) is 48.5 Å². The van der Waals surface area contributed by atoms with Crippen LogP contribution in [-0.4, -0.2) is 18.4 Å². The molecule has 2 aromatic carbocycles. The van der Waals surface area contributed by atoms with Crippen molar-refractivity contribution in [1.82, 2.24) is 5.32 Å². The molecule has 23 heavy (non-hydrogen) atoms. The number of carbonyl (C=O) groups excluding carboxylic acids is 2. The standard InChI is InChI=1S/C18H15ClN2O2/c1-13(22)21-17-9-7-14(8-10-17)4-3-11-20-18(23)15-5-2-6-16(19)12-15/h2,5-10,12H,11H2,1H3,(H,20,23)(H,21,22). The molecular formula is C18H15ClN2O2. The highest BCUT2D eigenvalue weighted by atomic mass is 35.5. The molecule has 4 nitrogen and oxygen atoms in total.